The second-order valence-electron chi connectivity index (χ2n) is 5.71. The number of nitrogens with one attached hydrogen (secondary N) is 2. The molecule has 1 heterocycles. The van der Waals surface area contributed by atoms with Crippen LogP contribution >= 0.6 is 0 Å². The highest BCUT2D eigenvalue weighted by molar-refractivity contribution is 5.93. The average Bonchev–Trinajstić information content (AvgIpc) is 2.72. The highest BCUT2D eigenvalue weighted by atomic mass is 16.5. The number of carbonyl (C=O) groups is 2. The van der Waals surface area contributed by atoms with E-state index in [9.17, 15) is 9.59 Å². The van der Waals surface area contributed by atoms with Crippen LogP contribution in [0.2, 0.25) is 0 Å². The maximum atomic E-state index is 12.0. The Labute approximate surface area is 162 Å². The number of hydrogen-bond donors (Lipinski definition) is 2. The second kappa shape index (κ2) is 9.72. The molecule has 7 heteroatoms. The molecular weight excluding hydrogens is 358 g/mol. The minimum atomic E-state index is -0.354. The smallest absolute Gasteiger partial charge is 0.263 e. The lowest BCUT2D eigenvalue weighted by atomic mass is 10.3. The summed E-state index contributed by atoms with van der Waals surface area (Å²) in [4.78, 5) is 28.2. The van der Waals surface area contributed by atoms with Gasteiger partial charge in [0.25, 0.3) is 11.8 Å². The molecule has 2 amide bonds. The number of amides is 2. The Hall–Kier alpha value is -3.87. The molecule has 0 fully saturated rings. The van der Waals surface area contributed by atoms with Gasteiger partial charge in [-0.05, 0) is 36.4 Å². The third-order valence-electron chi connectivity index (χ3n) is 3.51. The highest BCUT2D eigenvalue weighted by Crippen LogP contribution is 2.12. The summed E-state index contributed by atoms with van der Waals surface area (Å²) >= 11 is 0. The molecule has 0 atom stereocenters. The van der Waals surface area contributed by atoms with Gasteiger partial charge in [0.05, 0.1) is 0 Å². The third-order valence-corrected chi connectivity index (χ3v) is 3.51. The monoisotopic (exact) mass is 377 g/mol. The minimum Gasteiger partial charge on any atom is -0.484 e. The number of ether oxygens (including phenoxy) is 2. The topological polar surface area (TPSA) is 89.6 Å². The van der Waals surface area contributed by atoms with E-state index in [0.717, 1.165) is 0 Å². The van der Waals surface area contributed by atoms with E-state index in [0.29, 0.717) is 23.1 Å². The number of para-hydroxylation sites is 2. The summed E-state index contributed by atoms with van der Waals surface area (Å²) in [6.07, 6.45) is 0. The fourth-order valence-electron chi connectivity index (χ4n) is 2.26. The van der Waals surface area contributed by atoms with Crippen LogP contribution in [0.25, 0.3) is 0 Å². The van der Waals surface area contributed by atoms with Crippen LogP contribution in [0.5, 0.6) is 11.5 Å². The van der Waals surface area contributed by atoms with Crippen molar-refractivity contribution >= 4 is 23.5 Å². The Kier molecular flexibility index (Phi) is 6.57. The zero-order chi connectivity index (χ0) is 19.6. The number of benzene rings is 2. The number of hydrogen-bond acceptors (Lipinski definition) is 5. The van der Waals surface area contributed by atoms with Gasteiger partial charge in [-0.25, -0.2) is 4.98 Å². The lowest BCUT2D eigenvalue weighted by Gasteiger charge is -2.09. The summed E-state index contributed by atoms with van der Waals surface area (Å²) < 4.78 is 10.8. The van der Waals surface area contributed by atoms with Crippen molar-refractivity contribution in [1.29, 1.82) is 0 Å². The first-order valence-electron chi connectivity index (χ1n) is 8.61. The van der Waals surface area contributed by atoms with Crippen LogP contribution in [0.3, 0.4) is 0 Å². The van der Waals surface area contributed by atoms with Crippen LogP contribution in [-0.2, 0) is 9.59 Å². The summed E-state index contributed by atoms with van der Waals surface area (Å²) in [5, 5.41) is 5.25. The average molecular weight is 377 g/mol. The minimum absolute atomic E-state index is 0.146. The lowest BCUT2D eigenvalue weighted by molar-refractivity contribution is -0.118. The first kappa shape index (κ1) is 18.9. The zero-order valence-electron chi connectivity index (χ0n) is 15.0. The molecule has 0 aliphatic heterocycles. The molecule has 0 unspecified atom stereocenters. The van der Waals surface area contributed by atoms with Crippen molar-refractivity contribution < 1.29 is 19.1 Å². The number of nitrogens with zero attached hydrogens (tertiary/aromatic N) is 1. The third kappa shape index (κ3) is 6.14. The van der Waals surface area contributed by atoms with Gasteiger partial charge >= 0.3 is 0 Å². The Morgan fingerprint density at radius 2 is 1.07 bits per heavy atom. The fraction of sp³-hybridized carbons (Fsp3) is 0.0952. The predicted octanol–water partition coefficient (Wildman–Crippen LogP) is 3.12. The number of pyridine rings is 1. The summed E-state index contributed by atoms with van der Waals surface area (Å²) in [5.41, 5.74) is 0. The molecule has 0 bridgehead atoms. The van der Waals surface area contributed by atoms with Crippen molar-refractivity contribution in [2.24, 2.45) is 0 Å². The normalized spacial score (nSPS) is 10.0. The summed E-state index contributed by atoms with van der Waals surface area (Å²) in [5.74, 6) is 1.11. The Morgan fingerprint density at radius 3 is 1.50 bits per heavy atom. The van der Waals surface area contributed by atoms with Crippen LogP contribution in [0.4, 0.5) is 11.6 Å². The van der Waals surface area contributed by atoms with Gasteiger partial charge in [-0.15, -0.1) is 0 Å². The van der Waals surface area contributed by atoms with E-state index in [1.807, 2.05) is 36.4 Å². The van der Waals surface area contributed by atoms with Crippen LogP contribution in [0.15, 0.2) is 78.9 Å². The molecule has 0 saturated heterocycles. The van der Waals surface area contributed by atoms with Gasteiger partial charge in [-0.1, -0.05) is 42.5 Å². The maximum absolute atomic E-state index is 12.0. The molecule has 3 aromatic rings. The van der Waals surface area contributed by atoms with Gasteiger partial charge in [0.2, 0.25) is 0 Å². The molecule has 0 saturated carbocycles. The van der Waals surface area contributed by atoms with Crippen LogP contribution in [0, 0.1) is 0 Å². The molecule has 142 valence electrons. The summed E-state index contributed by atoms with van der Waals surface area (Å²) in [7, 11) is 0. The predicted molar refractivity (Wildman–Crippen MR) is 105 cm³/mol. The molecule has 1 aromatic heterocycles. The zero-order valence-corrected chi connectivity index (χ0v) is 15.0. The molecule has 2 N–H and O–H groups in total. The second-order valence-corrected chi connectivity index (χ2v) is 5.71. The van der Waals surface area contributed by atoms with Crippen molar-refractivity contribution in [1.82, 2.24) is 4.98 Å². The molecule has 0 spiro atoms. The van der Waals surface area contributed by atoms with E-state index < -0.39 is 0 Å². The van der Waals surface area contributed by atoms with Crippen molar-refractivity contribution in [3.8, 4) is 11.5 Å². The number of anilines is 2. The largest absolute Gasteiger partial charge is 0.484 e. The Balaban J connectivity index is 1.47. The SMILES string of the molecule is O=C(COc1ccccc1)Nc1cccc(NC(=O)COc2ccccc2)n1. The maximum Gasteiger partial charge on any atom is 0.263 e. The van der Waals surface area contributed by atoms with Gasteiger partial charge in [0.15, 0.2) is 13.2 Å². The first-order valence-corrected chi connectivity index (χ1v) is 8.61. The molecule has 0 radical (unpaired) electrons. The van der Waals surface area contributed by atoms with Crippen LogP contribution < -0.4 is 20.1 Å². The molecule has 28 heavy (non-hydrogen) atoms. The van der Waals surface area contributed by atoms with E-state index in [1.54, 1.807) is 42.5 Å². The van der Waals surface area contributed by atoms with Crippen LogP contribution in [0.1, 0.15) is 0 Å². The van der Waals surface area contributed by atoms with Gasteiger partial charge in [-0.3, -0.25) is 9.59 Å². The van der Waals surface area contributed by atoms with Crippen molar-refractivity contribution in [3.05, 3.63) is 78.9 Å². The number of carbonyl (C=O) groups excluding carboxylic acids is 2. The molecule has 3 rings (SSSR count). The number of rotatable bonds is 8. The van der Waals surface area contributed by atoms with E-state index >= 15 is 0 Å². The summed E-state index contributed by atoms with van der Waals surface area (Å²) in [6, 6.07) is 23.0. The van der Waals surface area contributed by atoms with Gasteiger partial charge < -0.3 is 20.1 Å². The molecule has 7 nitrogen and oxygen atoms in total. The van der Waals surface area contributed by atoms with Gasteiger partial charge in [0.1, 0.15) is 23.1 Å². The molecule has 0 aliphatic rings. The first-order chi connectivity index (χ1) is 13.7. The van der Waals surface area contributed by atoms with Crippen molar-refractivity contribution in [3.63, 3.8) is 0 Å². The van der Waals surface area contributed by atoms with E-state index in [1.165, 1.54) is 0 Å². The standard InChI is InChI=1S/C21H19N3O4/c25-20(14-27-16-8-3-1-4-9-16)23-18-12-7-13-19(22-18)24-21(26)15-28-17-10-5-2-6-11-17/h1-13H,14-15H2,(H2,22,23,24,25,26). The molecular formula is C21H19N3O4. The lowest BCUT2D eigenvalue weighted by Crippen LogP contribution is -2.22. The van der Waals surface area contributed by atoms with E-state index in [2.05, 4.69) is 15.6 Å². The van der Waals surface area contributed by atoms with Gasteiger partial charge in [0, 0.05) is 0 Å². The molecule has 0 aliphatic carbocycles. The van der Waals surface area contributed by atoms with Crippen LogP contribution in [-0.4, -0.2) is 30.0 Å². The van der Waals surface area contributed by atoms with Crippen molar-refractivity contribution in [2.75, 3.05) is 23.8 Å². The highest BCUT2D eigenvalue weighted by Gasteiger charge is 2.08. The Bertz CT molecular complexity index is 844. The quantitative estimate of drug-likeness (QED) is 0.630. The van der Waals surface area contributed by atoms with E-state index in [4.69, 9.17) is 9.47 Å². The van der Waals surface area contributed by atoms with Crippen molar-refractivity contribution in [2.45, 2.75) is 0 Å². The fourth-order valence-corrected chi connectivity index (χ4v) is 2.26. The summed E-state index contributed by atoms with van der Waals surface area (Å²) in [6.45, 7) is -0.291. The number of aromatic nitrogens is 1. The van der Waals surface area contributed by atoms with Gasteiger partial charge in [-0.2, -0.15) is 0 Å². The molecule has 2 aromatic carbocycles. The van der Waals surface area contributed by atoms with E-state index in [-0.39, 0.29) is 25.0 Å². The Morgan fingerprint density at radius 1 is 0.643 bits per heavy atom.